The van der Waals surface area contributed by atoms with Crippen LogP contribution in [-0.4, -0.2) is 38.2 Å². The van der Waals surface area contributed by atoms with Crippen LogP contribution in [0, 0.1) is 0 Å². The third-order valence-electron chi connectivity index (χ3n) is 10.8. The average molecular weight is 729 g/mol. The summed E-state index contributed by atoms with van der Waals surface area (Å²) < 4.78 is 9.92. The van der Waals surface area contributed by atoms with Gasteiger partial charge in [0.2, 0.25) is 0 Å². The van der Waals surface area contributed by atoms with Crippen molar-refractivity contribution in [2.24, 2.45) is 0 Å². The van der Waals surface area contributed by atoms with Crippen LogP contribution in [0.25, 0.3) is 102 Å². The first-order chi connectivity index (χ1) is 25.8. The molecule has 12 aromatic rings. The van der Waals surface area contributed by atoms with E-state index in [1.807, 2.05) is 12.4 Å². The fourth-order valence-corrected chi connectivity index (χ4v) is 11.0. The number of benzene rings is 7. The third kappa shape index (κ3) is 3.67. The number of fused-ring (bicyclic) bond motifs is 12. The molecule has 0 radical (unpaired) electrons. The van der Waals surface area contributed by atoms with Gasteiger partial charge in [-0.3, -0.25) is 0 Å². The second kappa shape index (κ2) is 10.5. The van der Waals surface area contributed by atoms with E-state index in [-0.39, 0.29) is 14.5 Å². The fourth-order valence-electron chi connectivity index (χ4n) is 8.69. The van der Waals surface area contributed by atoms with Crippen LogP contribution in [0.5, 0.6) is 0 Å². The molecule has 242 valence electrons. The van der Waals surface area contributed by atoms with Gasteiger partial charge >= 0.3 is 304 Å². The molecule has 7 aromatic carbocycles. The molecule has 0 N–H and O–H groups in total. The molecular weight excluding hydrogens is 702 g/mol. The normalized spacial score (nSPS) is 12.2. The van der Waals surface area contributed by atoms with Gasteiger partial charge in [0.05, 0.1) is 0 Å². The van der Waals surface area contributed by atoms with E-state index in [0.29, 0.717) is 0 Å². The molecule has 12 rings (SSSR count). The second-order valence-electron chi connectivity index (χ2n) is 13.4. The Labute approximate surface area is 303 Å². The van der Waals surface area contributed by atoms with E-state index in [0.717, 1.165) is 26.7 Å². The first kappa shape index (κ1) is 28.3. The minimum atomic E-state index is -0.0897. The molecule has 6 heteroatoms. The zero-order chi connectivity index (χ0) is 33.9. The molecule has 0 saturated heterocycles. The molecule has 5 aromatic heterocycles. The van der Waals surface area contributed by atoms with Crippen LogP contribution in [0.15, 0.2) is 164 Å². The SMILES string of the molecule is c1ccc2c(c1)c1ccccc1n2-c1cc2c([se]c3nccnc32)c(-n2c3ccccc3c3ccccc32)c1-n1c2ccccc2c2ccccc21. The van der Waals surface area contributed by atoms with Crippen molar-refractivity contribution in [1.82, 2.24) is 23.7 Å². The summed E-state index contributed by atoms with van der Waals surface area (Å²) in [7, 11) is 0. The van der Waals surface area contributed by atoms with Crippen molar-refractivity contribution in [3.8, 4) is 17.1 Å². The molecule has 0 atom stereocenters. The van der Waals surface area contributed by atoms with E-state index in [4.69, 9.17) is 9.97 Å². The van der Waals surface area contributed by atoms with E-state index >= 15 is 0 Å². The van der Waals surface area contributed by atoms with Gasteiger partial charge in [0.25, 0.3) is 0 Å². The van der Waals surface area contributed by atoms with Gasteiger partial charge < -0.3 is 0 Å². The van der Waals surface area contributed by atoms with E-state index in [2.05, 4.69) is 165 Å². The van der Waals surface area contributed by atoms with Crippen molar-refractivity contribution < 1.29 is 0 Å². The summed E-state index contributed by atoms with van der Waals surface area (Å²) in [6.45, 7) is 0. The topological polar surface area (TPSA) is 40.6 Å². The minimum absolute atomic E-state index is 0.0897. The Balaban J connectivity index is 1.42. The maximum absolute atomic E-state index is 5.01. The molecule has 0 spiro atoms. The van der Waals surface area contributed by atoms with Crippen molar-refractivity contribution in [1.29, 1.82) is 0 Å². The summed E-state index contributed by atoms with van der Waals surface area (Å²) >= 11 is -0.0897. The zero-order valence-corrected chi connectivity index (χ0v) is 29.4. The predicted octanol–water partition coefficient (Wildman–Crippen LogP) is 11.1. The van der Waals surface area contributed by atoms with Gasteiger partial charge in [-0.05, 0) is 0 Å². The molecule has 52 heavy (non-hydrogen) atoms. The van der Waals surface area contributed by atoms with Crippen LogP contribution < -0.4 is 0 Å². The van der Waals surface area contributed by atoms with Crippen LogP contribution >= 0.6 is 0 Å². The standard InChI is InChI=1S/C46H27N5Se/c1-7-19-35-28(13-1)29-14-2-8-20-36(29)49(35)41-27-34-42-46(48-26-25-47-42)52-45(34)44(51-39-23-11-5-17-32(39)33-18-6-12-24-40(33)51)43(41)50-37-21-9-3-15-30(37)31-16-4-10-22-38(31)50/h1-27H. The van der Waals surface area contributed by atoms with Gasteiger partial charge in [-0.2, -0.15) is 0 Å². The van der Waals surface area contributed by atoms with Crippen molar-refractivity contribution in [3.05, 3.63) is 164 Å². The number of hydrogen-bond acceptors (Lipinski definition) is 2. The molecule has 0 fully saturated rings. The number of nitrogens with zero attached hydrogens (tertiary/aromatic N) is 5. The predicted molar refractivity (Wildman–Crippen MR) is 217 cm³/mol. The van der Waals surface area contributed by atoms with Crippen molar-refractivity contribution in [3.63, 3.8) is 0 Å². The second-order valence-corrected chi connectivity index (χ2v) is 15.5. The quantitative estimate of drug-likeness (QED) is 0.170. The molecule has 0 aliphatic heterocycles. The van der Waals surface area contributed by atoms with E-state index in [1.165, 1.54) is 75.4 Å². The molecule has 0 amide bonds. The Morgan fingerprint density at radius 1 is 0.365 bits per heavy atom. The summed E-state index contributed by atoms with van der Waals surface area (Å²) in [5.74, 6) is 0. The Hall–Kier alpha value is -6.46. The van der Waals surface area contributed by atoms with E-state index < -0.39 is 0 Å². The first-order valence-electron chi connectivity index (χ1n) is 17.5. The number of para-hydroxylation sites is 6. The van der Waals surface area contributed by atoms with Gasteiger partial charge in [-0.15, -0.1) is 0 Å². The molecule has 0 aliphatic rings. The third-order valence-corrected chi connectivity index (χ3v) is 13.1. The van der Waals surface area contributed by atoms with Gasteiger partial charge in [-0.25, -0.2) is 0 Å². The molecule has 0 saturated carbocycles. The van der Waals surface area contributed by atoms with Crippen molar-refractivity contribution >= 4 is 99.5 Å². The van der Waals surface area contributed by atoms with Crippen LogP contribution in [0.4, 0.5) is 0 Å². The Morgan fingerprint density at radius 2 is 0.731 bits per heavy atom. The van der Waals surface area contributed by atoms with Gasteiger partial charge in [0.1, 0.15) is 0 Å². The summed E-state index contributed by atoms with van der Waals surface area (Å²) in [4.78, 5) is 9.96. The Morgan fingerprint density at radius 3 is 1.17 bits per heavy atom. The van der Waals surface area contributed by atoms with Crippen LogP contribution in [0.1, 0.15) is 0 Å². The van der Waals surface area contributed by atoms with Crippen LogP contribution in [0.2, 0.25) is 0 Å². The van der Waals surface area contributed by atoms with E-state index in [1.54, 1.807) is 0 Å². The summed E-state index contributed by atoms with van der Waals surface area (Å²) in [6.07, 6.45) is 3.68. The van der Waals surface area contributed by atoms with E-state index in [9.17, 15) is 0 Å². The molecule has 0 aliphatic carbocycles. The molecule has 5 heterocycles. The van der Waals surface area contributed by atoms with Gasteiger partial charge in [-0.1, -0.05) is 0 Å². The number of aromatic nitrogens is 5. The van der Waals surface area contributed by atoms with Crippen LogP contribution in [0.3, 0.4) is 0 Å². The summed E-state index contributed by atoms with van der Waals surface area (Å²) in [5.41, 5.74) is 11.5. The zero-order valence-electron chi connectivity index (χ0n) is 27.7. The Bertz CT molecular complexity index is 3270. The monoisotopic (exact) mass is 729 g/mol. The maximum atomic E-state index is 5.01. The summed E-state index contributed by atoms with van der Waals surface area (Å²) in [5, 5.41) is 8.56. The summed E-state index contributed by atoms with van der Waals surface area (Å²) in [6, 6.07) is 55.4. The fraction of sp³-hybridized carbons (Fsp3) is 0. The molecule has 5 nitrogen and oxygen atoms in total. The van der Waals surface area contributed by atoms with Gasteiger partial charge in [0, 0.05) is 0 Å². The number of rotatable bonds is 3. The molecule has 0 bridgehead atoms. The van der Waals surface area contributed by atoms with Crippen molar-refractivity contribution in [2.75, 3.05) is 0 Å². The Kier molecular flexibility index (Phi) is 5.72. The molecular formula is C46H27N5Se. The molecule has 0 unspecified atom stereocenters. The van der Waals surface area contributed by atoms with Crippen LogP contribution in [-0.2, 0) is 0 Å². The van der Waals surface area contributed by atoms with Gasteiger partial charge in [0.15, 0.2) is 0 Å². The average Bonchev–Trinajstić information content (AvgIpc) is 3.94. The van der Waals surface area contributed by atoms with Crippen molar-refractivity contribution in [2.45, 2.75) is 0 Å². The number of hydrogen-bond donors (Lipinski definition) is 0. The first-order valence-corrected chi connectivity index (χ1v) is 19.2.